The van der Waals surface area contributed by atoms with Crippen LogP contribution in [0.15, 0.2) is 54.7 Å². The highest BCUT2D eigenvalue weighted by atomic mass is 16.3. The number of nitrogens with one attached hydrogen (secondary N) is 2. The molecule has 0 bridgehead atoms. The number of nitrogens with zero attached hydrogens (tertiary/aromatic N) is 3. The van der Waals surface area contributed by atoms with Gasteiger partial charge in [-0.05, 0) is 42.2 Å². The van der Waals surface area contributed by atoms with E-state index in [0.717, 1.165) is 24.1 Å². The SMILES string of the molecule is CNC(=O)c1cnc(Nc2ccc3c(c2)CCN(C)C3=O)nc1N.OCCc1ccccc1. The first kappa shape index (κ1) is 23.7. The van der Waals surface area contributed by atoms with E-state index in [0.29, 0.717) is 18.1 Å². The molecule has 2 aromatic carbocycles. The van der Waals surface area contributed by atoms with Gasteiger partial charge in [-0.25, -0.2) is 4.98 Å². The maximum absolute atomic E-state index is 12.1. The van der Waals surface area contributed by atoms with Crippen molar-refractivity contribution in [3.8, 4) is 0 Å². The average molecular weight is 449 g/mol. The number of benzene rings is 2. The minimum absolute atomic E-state index is 0.0261. The number of nitrogen functional groups attached to an aromatic ring is 1. The predicted octanol–water partition coefficient (Wildman–Crippen LogP) is 2.01. The summed E-state index contributed by atoms with van der Waals surface area (Å²) in [6.45, 7) is 0.934. The second kappa shape index (κ2) is 11.1. The van der Waals surface area contributed by atoms with Gasteiger partial charge < -0.3 is 26.4 Å². The van der Waals surface area contributed by atoms with Crippen molar-refractivity contribution in [2.75, 3.05) is 38.3 Å². The Morgan fingerprint density at radius 1 is 1.21 bits per heavy atom. The Morgan fingerprint density at radius 2 is 1.97 bits per heavy atom. The minimum Gasteiger partial charge on any atom is -0.396 e. The van der Waals surface area contributed by atoms with E-state index < -0.39 is 0 Å². The Morgan fingerprint density at radius 3 is 2.64 bits per heavy atom. The van der Waals surface area contributed by atoms with Crippen LogP contribution in [0.25, 0.3) is 0 Å². The molecule has 0 unspecified atom stereocenters. The number of aliphatic hydroxyl groups is 1. The molecule has 0 spiro atoms. The maximum atomic E-state index is 12.1. The second-order valence-electron chi connectivity index (χ2n) is 7.50. The van der Waals surface area contributed by atoms with E-state index in [-0.39, 0.29) is 29.8 Å². The van der Waals surface area contributed by atoms with Crippen LogP contribution in [0.2, 0.25) is 0 Å². The number of aliphatic hydroxyl groups excluding tert-OH is 1. The van der Waals surface area contributed by atoms with Crippen LogP contribution in [0, 0.1) is 0 Å². The lowest BCUT2D eigenvalue weighted by Crippen LogP contribution is -2.34. The smallest absolute Gasteiger partial charge is 0.256 e. The van der Waals surface area contributed by atoms with Crippen LogP contribution in [-0.4, -0.2) is 59.0 Å². The van der Waals surface area contributed by atoms with Gasteiger partial charge in [-0.2, -0.15) is 4.98 Å². The molecule has 2 amide bonds. The highest BCUT2D eigenvalue weighted by Crippen LogP contribution is 2.23. The second-order valence-corrected chi connectivity index (χ2v) is 7.50. The Balaban J connectivity index is 0.000000286. The molecule has 2 heterocycles. The summed E-state index contributed by atoms with van der Waals surface area (Å²) in [6.07, 6.45) is 2.94. The number of hydrogen-bond acceptors (Lipinski definition) is 7. The zero-order chi connectivity index (χ0) is 23.8. The third kappa shape index (κ3) is 6.05. The van der Waals surface area contributed by atoms with Gasteiger partial charge in [0.05, 0.1) is 5.56 Å². The van der Waals surface area contributed by atoms with Crippen LogP contribution in [0.4, 0.5) is 17.5 Å². The van der Waals surface area contributed by atoms with Gasteiger partial charge in [0.25, 0.3) is 11.8 Å². The Kier molecular flexibility index (Phi) is 7.93. The topological polar surface area (TPSA) is 133 Å². The lowest BCUT2D eigenvalue weighted by Gasteiger charge is -2.25. The summed E-state index contributed by atoms with van der Waals surface area (Å²) in [4.78, 5) is 33.6. The first-order valence-electron chi connectivity index (χ1n) is 10.6. The lowest BCUT2D eigenvalue weighted by atomic mass is 9.99. The molecule has 3 aromatic rings. The molecule has 0 fully saturated rings. The van der Waals surface area contributed by atoms with E-state index in [2.05, 4.69) is 20.6 Å². The summed E-state index contributed by atoms with van der Waals surface area (Å²) >= 11 is 0. The fraction of sp³-hybridized carbons (Fsp3) is 0.250. The van der Waals surface area contributed by atoms with Crippen molar-refractivity contribution in [2.45, 2.75) is 12.8 Å². The molecule has 5 N–H and O–H groups in total. The number of likely N-dealkylation sites (N-methyl/N-ethyl adjacent to an activating group) is 1. The normalized spacial score (nSPS) is 12.3. The summed E-state index contributed by atoms with van der Waals surface area (Å²) < 4.78 is 0. The molecule has 0 saturated heterocycles. The largest absolute Gasteiger partial charge is 0.396 e. The summed E-state index contributed by atoms with van der Waals surface area (Å²) in [5.41, 5.74) is 9.67. The summed E-state index contributed by atoms with van der Waals surface area (Å²) in [6, 6.07) is 15.4. The monoisotopic (exact) mass is 448 g/mol. The molecule has 0 radical (unpaired) electrons. The molecule has 33 heavy (non-hydrogen) atoms. The standard InChI is InChI=1S/C16H18N6O2.C8H10O/c1-18-14(23)12-8-19-16(21-13(12)17)20-10-3-4-11-9(7-10)5-6-22(2)15(11)24;9-7-6-8-4-2-1-3-5-8/h3-4,7-8H,5-6H2,1-2H3,(H,18,23)(H3,17,19,20,21);1-5,9H,6-7H2. The van der Waals surface area contributed by atoms with Gasteiger partial charge in [0.2, 0.25) is 5.95 Å². The summed E-state index contributed by atoms with van der Waals surface area (Å²) in [5, 5.41) is 14.0. The van der Waals surface area contributed by atoms with Crippen LogP contribution >= 0.6 is 0 Å². The number of amides is 2. The van der Waals surface area contributed by atoms with Crippen molar-refractivity contribution >= 4 is 29.3 Å². The zero-order valence-electron chi connectivity index (χ0n) is 18.7. The maximum Gasteiger partial charge on any atom is 0.256 e. The molecular weight excluding hydrogens is 420 g/mol. The first-order chi connectivity index (χ1) is 15.9. The molecule has 1 aliphatic heterocycles. The quantitative estimate of drug-likeness (QED) is 0.469. The first-order valence-corrected chi connectivity index (χ1v) is 10.6. The fourth-order valence-corrected chi connectivity index (χ4v) is 3.35. The van der Waals surface area contributed by atoms with Gasteiger partial charge >= 0.3 is 0 Å². The number of fused-ring (bicyclic) bond motifs is 1. The van der Waals surface area contributed by atoms with Crippen molar-refractivity contribution in [2.24, 2.45) is 0 Å². The summed E-state index contributed by atoms with van der Waals surface area (Å²) in [7, 11) is 3.31. The third-order valence-electron chi connectivity index (χ3n) is 5.19. The van der Waals surface area contributed by atoms with Gasteiger partial charge in [0, 0.05) is 44.7 Å². The van der Waals surface area contributed by atoms with Gasteiger partial charge in [0.15, 0.2) is 0 Å². The van der Waals surface area contributed by atoms with Crippen molar-refractivity contribution in [1.82, 2.24) is 20.2 Å². The predicted molar refractivity (Wildman–Crippen MR) is 127 cm³/mol. The molecule has 0 aliphatic carbocycles. The Hall–Kier alpha value is -3.98. The Labute approximate surface area is 192 Å². The van der Waals surface area contributed by atoms with E-state index in [4.69, 9.17) is 10.8 Å². The van der Waals surface area contributed by atoms with Crippen molar-refractivity contribution in [1.29, 1.82) is 0 Å². The minimum atomic E-state index is -0.338. The number of carbonyl (C=O) groups is 2. The van der Waals surface area contributed by atoms with Crippen LogP contribution in [-0.2, 0) is 12.8 Å². The molecule has 1 aromatic heterocycles. The Bertz CT molecular complexity index is 1120. The van der Waals surface area contributed by atoms with E-state index in [9.17, 15) is 9.59 Å². The van der Waals surface area contributed by atoms with Gasteiger partial charge in [0.1, 0.15) is 5.82 Å². The number of rotatable bonds is 5. The van der Waals surface area contributed by atoms with Crippen LogP contribution in [0.1, 0.15) is 31.8 Å². The lowest BCUT2D eigenvalue weighted by molar-refractivity contribution is 0.0780. The third-order valence-corrected chi connectivity index (χ3v) is 5.19. The molecule has 9 heteroatoms. The number of carbonyl (C=O) groups excluding carboxylic acids is 2. The average Bonchev–Trinajstić information content (AvgIpc) is 2.82. The number of anilines is 3. The molecule has 4 rings (SSSR count). The molecule has 0 atom stereocenters. The van der Waals surface area contributed by atoms with Crippen LogP contribution in [0.3, 0.4) is 0 Å². The van der Waals surface area contributed by atoms with Gasteiger partial charge in [-0.1, -0.05) is 30.3 Å². The molecule has 1 aliphatic rings. The van der Waals surface area contributed by atoms with E-state index in [1.165, 1.54) is 18.8 Å². The van der Waals surface area contributed by atoms with Crippen molar-refractivity contribution in [3.63, 3.8) is 0 Å². The van der Waals surface area contributed by atoms with Crippen molar-refractivity contribution < 1.29 is 14.7 Å². The van der Waals surface area contributed by atoms with E-state index in [1.54, 1.807) is 24.1 Å². The van der Waals surface area contributed by atoms with Crippen LogP contribution in [0.5, 0.6) is 0 Å². The fourth-order valence-electron chi connectivity index (χ4n) is 3.35. The van der Waals surface area contributed by atoms with E-state index >= 15 is 0 Å². The molecule has 0 saturated carbocycles. The number of aromatic nitrogens is 2. The van der Waals surface area contributed by atoms with Gasteiger partial charge in [-0.15, -0.1) is 0 Å². The molecule has 9 nitrogen and oxygen atoms in total. The van der Waals surface area contributed by atoms with Crippen molar-refractivity contribution in [3.05, 3.63) is 77.0 Å². The highest BCUT2D eigenvalue weighted by molar-refractivity contribution is 5.98. The molecular formula is C24H28N6O3. The molecule has 172 valence electrons. The summed E-state index contributed by atoms with van der Waals surface area (Å²) in [5.74, 6) is 0.0784. The van der Waals surface area contributed by atoms with E-state index in [1.807, 2.05) is 36.4 Å². The zero-order valence-corrected chi connectivity index (χ0v) is 18.7. The number of hydrogen-bond donors (Lipinski definition) is 4. The van der Waals surface area contributed by atoms with Gasteiger partial charge in [-0.3, -0.25) is 9.59 Å². The highest BCUT2D eigenvalue weighted by Gasteiger charge is 2.21. The van der Waals surface area contributed by atoms with Crippen LogP contribution < -0.4 is 16.4 Å². The number of nitrogens with two attached hydrogens (primary N) is 1.